The van der Waals surface area contributed by atoms with Crippen LogP contribution in [-0.2, 0) is 20.6 Å². The molecule has 0 radical (unpaired) electrons. The van der Waals surface area contributed by atoms with Gasteiger partial charge in [0, 0.05) is 26.2 Å². The van der Waals surface area contributed by atoms with Crippen molar-refractivity contribution in [3.63, 3.8) is 0 Å². The molecule has 6 nitrogen and oxygen atoms in total. The molecule has 2 aromatic heterocycles. The Balaban J connectivity index is 2.22. The van der Waals surface area contributed by atoms with Gasteiger partial charge >= 0.3 is 5.76 Å². The zero-order valence-corrected chi connectivity index (χ0v) is 10.8. The van der Waals surface area contributed by atoms with Crippen LogP contribution in [0.4, 0.5) is 0 Å². The van der Waals surface area contributed by atoms with Crippen LogP contribution in [0.5, 0.6) is 0 Å². The van der Waals surface area contributed by atoms with Crippen molar-refractivity contribution in [2.24, 2.45) is 19.8 Å². The second-order valence-electron chi connectivity index (χ2n) is 4.46. The van der Waals surface area contributed by atoms with Gasteiger partial charge in [-0.25, -0.2) is 4.79 Å². The predicted octanol–water partition coefficient (Wildman–Crippen LogP) is 0.991. The SMILES string of the molecule is Cn1nc(CN)cc1-c1ccc2oc(=O)n(C)c2c1. The van der Waals surface area contributed by atoms with Crippen molar-refractivity contribution in [2.45, 2.75) is 6.54 Å². The topological polar surface area (TPSA) is 79.0 Å². The Kier molecular flexibility index (Phi) is 2.53. The lowest BCUT2D eigenvalue weighted by atomic mass is 10.1. The number of benzene rings is 1. The minimum atomic E-state index is -0.361. The third kappa shape index (κ3) is 1.77. The Labute approximate surface area is 109 Å². The van der Waals surface area contributed by atoms with E-state index >= 15 is 0 Å². The number of aromatic nitrogens is 3. The molecule has 0 spiro atoms. The third-order valence-electron chi connectivity index (χ3n) is 3.23. The quantitative estimate of drug-likeness (QED) is 0.743. The Morgan fingerprint density at radius 3 is 2.79 bits per heavy atom. The van der Waals surface area contributed by atoms with Gasteiger partial charge < -0.3 is 10.2 Å². The average molecular weight is 258 g/mol. The second-order valence-corrected chi connectivity index (χ2v) is 4.46. The monoisotopic (exact) mass is 258 g/mol. The summed E-state index contributed by atoms with van der Waals surface area (Å²) < 4.78 is 8.38. The van der Waals surface area contributed by atoms with Gasteiger partial charge in [-0.2, -0.15) is 5.10 Å². The number of nitrogens with two attached hydrogens (primary N) is 1. The van der Waals surface area contributed by atoms with Crippen molar-refractivity contribution >= 4 is 11.1 Å². The molecule has 1 aromatic carbocycles. The molecule has 0 saturated carbocycles. The van der Waals surface area contributed by atoms with E-state index in [1.54, 1.807) is 17.8 Å². The van der Waals surface area contributed by atoms with Gasteiger partial charge in [0.05, 0.1) is 16.9 Å². The lowest BCUT2D eigenvalue weighted by Gasteiger charge is -2.02. The van der Waals surface area contributed by atoms with E-state index in [1.165, 1.54) is 4.57 Å². The van der Waals surface area contributed by atoms with E-state index in [-0.39, 0.29) is 5.76 Å². The van der Waals surface area contributed by atoms with Gasteiger partial charge in [-0.1, -0.05) is 0 Å². The van der Waals surface area contributed by atoms with E-state index in [1.807, 2.05) is 25.2 Å². The van der Waals surface area contributed by atoms with Crippen molar-refractivity contribution < 1.29 is 4.42 Å². The first-order valence-electron chi connectivity index (χ1n) is 5.93. The number of rotatable bonds is 2. The second kappa shape index (κ2) is 4.10. The molecular formula is C13H14N4O2. The molecule has 19 heavy (non-hydrogen) atoms. The molecule has 0 fully saturated rings. The molecule has 0 saturated heterocycles. The van der Waals surface area contributed by atoms with Crippen LogP contribution in [0.25, 0.3) is 22.4 Å². The van der Waals surface area contributed by atoms with Gasteiger partial charge in [-0.3, -0.25) is 9.25 Å². The fourth-order valence-electron chi connectivity index (χ4n) is 2.18. The highest BCUT2D eigenvalue weighted by Gasteiger charge is 2.10. The smallest absolute Gasteiger partial charge is 0.408 e. The summed E-state index contributed by atoms with van der Waals surface area (Å²) in [5.74, 6) is -0.361. The number of nitrogens with zero attached hydrogens (tertiary/aromatic N) is 3. The summed E-state index contributed by atoms with van der Waals surface area (Å²) in [5.41, 5.74) is 9.69. The summed E-state index contributed by atoms with van der Waals surface area (Å²) in [6.45, 7) is 0.403. The van der Waals surface area contributed by atoms with Crippen LogP contribution < -0.4 is 11.5 Å². The van der Waals surface area contributed by atoms with Gasteiger partial charge in [0.1, 0.15) is 0 Å². The van der Waals surface area contributed by atoms with E-state index in [2.05, 4.69) is 5.10 Å². The first-order valence-corrected chi connectivity index (χ1v) is 5.93. The minimum absolute atomic E-state index is 0.361. The van der Waals surface area contributed by atoms with Gasteiger partial charge in [-0.15, -0.1) is 0 Å². The van der Waals surface area contributed by atoms with Gasteiger partial charge in [0.15, 0.2) is 5.58 Å². The first-order chi connectivity index (χ1) is 9.10. The third-order valence-corrected chi connectivity index (χ3v) is 3.23. The number of aryl methyl sites for hydroxylation is 2. The predicted molar refractivity (Wildman–Crippen MR) is 71.5 cm³/mol. The maximum absolute atomic E-state index is 11.5. The van der Waals surface area contributed by atoms with E-state index in [0.717, 1.165) is 22.5 Å². The van der Waals surface area contributed by atoms with Crippen LogP contribution in [0.3, 0.4) is 0 Å². The fourth-order valence-corrected chi connectivity index (χ4v) is 2.18. The van der Waals surface area contributed by atoms with Crippen molar-refractivity contribution in [3.05, 3.63) is 40.5 Å². The molecule has 3 aromatic rings. The molecular weight excluding hydrogens is 244 g/mol. The largest absolute Gasteiger partial charge is 0.419 e. The Bertz CT molecular complexity index is 810. The molecule has 98 valence electrons. The molecule has 0 aliphatic rings. The summed E-state index contributed by atoms with van der Waals surface area (Å²) >= 11 is 0. The van der Waals surface area contributed by atoms with Crippen molar-refractivity contribution in [2.75, 3.05) is 0 Å². The van der Waals surface area contributed by atoms with Crippen LogP contribution in [0.1, 0.15) is 5.69 Å². The Morgan fingerprint density at radius 2 is 2.11 bits per heavy atom. The lowest BCUT2D eigenvalue weighted by molar-refractivity contribution is 0.528. The average Bonchev–Trinajstić information content (AvgIpc) is 2.91. The van der Waals surface area contributed by atoms with Gasteiger partial charge in [0.25, 0.3) is 0 Å². The van der Waals surface area contributed by atoms with Crippen LogP contribution >= 0.6 is 0 Å². The summed E-state index contributed by atoms with van der Waals surface area (Å²) in [5, 5.41) is 4.31. The Morgan fingerprint density at radius 1 is 1.32 bits per heavy atom. The number of fused-ring (bicyclic) bond motifs is 1. The normalized spacial score (nSPS) is 11.3. The van der Waals surface area contributed by atoms with Crippen LogP contribution in [0.15, 0.2) is 33.5 Å². The summed E-state index contributed by atoms with van der Waals surface area (Å²) in [6, 6.07) is 7.56. The van der Waals surface area contributed by atoms with Crippen molar-refractivity contribution in [1.29, 1.82) is 0 Å². The van der Waals surface area contributed by atoms with Gasteiger partial charge in [-0.05, 0) is 24.3 Å². The highest BCUT2D eigenvalue weighted by molar-refractivity contribution is 5.79. The maximum atomic E-state index is 11.5. The highest BCUT2D eigenvalue weighted by atomic mass is 16.4. The zero-order valence-electron chi connectivity index (χ0n) is 10.8. The molecule has 2 N–H and O–H groups in total. The van der Waals surface area contributed by atoms with Gasteiger partial charge in [0.2, 0.25) is 0 Å². The van der Waals surface area contributed by atoms with E-state index in [0.29, 0.717) is 12.1 Å². The zero-order chi connectivity index (χ0) is 13.6. The number of oxazole rings is 1. The molecule has 0 bridgehead atoms. The standard InChI is InChI=1S/C13H14N4O2/c1-16-11-5-8(3-4-12(11)19-13(16)18)10-6-9(7-14)15-17(10)2/h3-6H,7,14H2,1-2H3. The summed E-state index contributed by atoms with van der Waals surface area (Å²) in [7, 11) is 3.56. The fraction of sp³-hybridized carbons (Fsp3) is 0.231. The van der Waals surface area contributed by atoms with E-state index in [4.69, 9.17) is 10.2 Å². The van der Waals surface area contributed by atoms with E-state index in [9.17, 15) is 4.79 Å². The maximum Gasteiger partial charge on any atom is 0.419 e. The first kappa shape index (κ1) is 11.7. The minimum Gasteiger partial charge on any atom is -0.408 e. The molecule has 3 rings (SSSR count). The van der Waals surface area contributed by atoms with Crippen molar-refractivity contribution in [1.82, 2.24) is 14.3 Å². The van der Waals surface area contributed by atoms with E-state index < -0.39 is 0 Å². The summed E-state index contributed by atoms with van der Waals surface area (Å²) in [4.78, 5) is 11.5. The molecule has 0 aliphatic carbocycles. The molecule has 6 heteroatoms. The summed E-state index contributed by atoms with van der Waals surface area (Å²) in [6.07, 6.45) is 0. The Hall–Kier alpha value is -2.34. The molecule has 0 aliphatic heterocycles. The number of hydrogen-bond donors (Lipinski definition) is 1. The lowest BCUT2D eigenvalue weighted by Crippen LogP contribution is -2.08. The van der Waals surface area contributed by atoms with Crippen molar-refractivity contribution in [3.8, 4) is 11.3 Å². The molecule has 2 heterocycles. The molecule has 0 amide bonds. The van der Waals surface area contributed by atoms with Crippen LogP contribution in [-0.4, -0.2) is 14.3 Å². The number of hydrogen-bond acceptors (Lipinski definition) is 4. The highest BCUT2D eigenvalue weighted by Crippen LogP contribution is 2.24. The molecule has 0 atom stereocenters. The van der Waals surface area contributed by atoms with Crippen LogP contribution in [0, 0.1) is 0 Å². The molecule has 0 unspecified atom stereocenters. The van der Waals surface area contributed by atoms with Crippen LogP contribution in [0.2, 0.25) is 0 Å².